The Hall–Kier alpha value is -1.69. The van der Waals surface area contributed by atoms with E-state index in [1.54, 1.807) is 17.2 Å². The van der Waals surface area contributed by atoms with Gasteiger partial charge in [-0.15, -0.1) is 24.0 Å². The highest BCUT2D eigenvalue weighted by atomic mass is 127. The van der Waals surface area contributed by atoms with Crippen molar-refractivity contribution in [2.75, 3.05) is 45.1 Å². The molecule has 0 aromatic carbocycles. The third-order valence-electron chi connectivity index (χ3n) is 5.37. The predicted molar refractivity (Wildman–Crippen MR) is 129 cm³/mol. The molecule has 29 heavy (non-hydrogen) atoms. The highest BCUT2D eigenvalue weighted by Crippen LogP contribution is 2.18. The highest BCUT2D eigenvalue weighted by Gasteiger charge is 2.19. The first-order valence-electron chi connectivity index (χ1n) is 10.3. The van der Waals surface area contributed by atoms with Crippen LogP contribution < -0.4 is 16.0 Å². The summed E-state index contributed by atoms with van der Waals surface area (Å²) < 4.78 is 1.75. The molecule has 3 heterocycles. The largest absolute Gasteiger partial charge is 0.368 e. The van der Waals surface area contributed by atoms with Gasteiger partial charge in [0.15, 0.2) is 11.6 Å². The quantitative estimate of drug-likeness (QED) is 0.214. The second kappa shape index (κ2) is 12.1. The van der Waals surface area contributed by atoms with Crippen molar-refractivity contribution in [3.63, 3.8) is 0 Å². The first kappa shape index (κ1) is 23.6. The Kier molecular flexibility index (Phi) is 9.85. The minimum absolute atomic E-state index is 0. The number of anilines is 1. The van der Waals surface area contributed by atoms with Crippen molar-refractivity contribution in [2.24, 2.45) is 12.0 Å². The molecular formula is C19H34IN9. The highest BCUT2D eigenvalue weighted by molar-refractivity contribution is 14.0. The number of halogens is 1. The maximum atomic E-state index is 4.32. The van der Waals surface area contributed by atoms with Crippen LogP contribution in [-0.2, 0) is 7.05 Å². The molecule has 9 nitrogen and oxygen atoms in total. The summed E-state index contributed by atoms with van der Waals surface area (Å²) in [6.07, 6.45) is 8.62. The van der Waals surface area contributed by atoms with Crippen LogP contribution in [0.4, 0.5) is 5.82 Å². The van der Waals surface area contributed by atoms with E-state index in [9.17, 15) is 0 Å². The zero-order valence-corrected chi connectivity index (χ0v) is 20.0. The molecule has 1 unspecified atom stereocenters. The molecule has 0 bridgehead atoms. The molecule has 162 valence electrons. The van der Waals surface area contributed by atoms with Crippen molar-refractivity contribution in [2.45, 2.75) is 38.6 Å². The summed E-state index contributed by atoms with van der Waals surface area (Å²) >= 11 is 0. The van der Waals surface area contributed by atoms with E-state index in [-0.39, 0.29) is 24.0 Å². The van der Waals surface area contributed by atoms with Crippen LogP contribution in [0, 0.1) is 0 Å². The van der Waals surface area contributed by atoms with Gasteiger partial charge in [-0.25, -0.2) is 9.97 Å². The van der Waals surface area contributed by atoms with Gasteiger partial charge in [-0.1, -0.05) is 13.3 Å². The Bertz CT molecular complexity index is 776. The van der Waals surface area contributed by atoms with Crippen molar-refractivity contribution in [3.05, 3.63) is 12.5 Å². The minimum Gasteiger partial charge on any atom is -0.368 e. The van der Waals surface area contributed by atoms with Crippen molar-refractivity contribution >= 4 is 46.8 Å². The number of nitrogens with one attached hydrogen (secondary N) is 3. The standard InChI is InChI=1S/C19H33N9.HI/c1-4-15-7-5-6-11-28(15)12-10-23-19(20-2)22-9-8-21-17-16-13-26-27(3)18(16)25-14-24-17;/h13-15H,4-12H2,1-3H3,(H2,20,22,23)(H,21,24,25);1H. The van der Waals surface area contributed by atoms with Crippen LogP contribution in [0.3, 0.4) is 0 Å². The monoisotopic (exact) mass is 515 g/mol. The average molecular weight is 515 g/mol. The number of fused-ring (bicyclic) bond motifs is 1. The number of nitrogens with zero attached hydrogens (tertiary/aromatic N) is 6. The number of piperidine rings is 1. The molecule has 10 heteroatoms. The Morgan fingerprint density at radius 3 is 2.83 bits per heavy atom. The molecule has 0 amide bonds. The third kappa shape index (κ3) is 6.39. The molecule has 0 spiro atoms. The molecule has 1 aliphatic heterocycles. The molecule has 3 rings (SSSR count). The van der Waals surface area contributed by atoms with Gasteiger partial charge >= 0.3 is 0 Å². The van der Waals surface area contributed by atoms with E-state index in [0.717, 1.165) is 55.0 Å². The predicted octanol–water partition coefficient (Wildman–Crippen LogP) is 1.82. The van der Waals surface area contributed by atoms with Crippen LogP contribution in [-0.4, -0.2) is 76.4 Å². The van der Waals surface area contributed by atoms with Gasteiger partial charge in [-0.05, 0) is 25.8 Å². The summed E-state index contributed by atoms with van der Waals surface area (Å²) in [6, 6.07) is 0.742. The van der Waals surface area contributed by atoms with Gasteiger partial charge in [0, 0.05) is 46.3 Å². The molecule has 1 saturated heterocycles. The van der Waals surface area contributed by atoms with E-state index in [2.05, 4.69) is 47.8 Å². The number of hydrogen-bond donors (Lipinski definition) is 3. The topological polar surface area (TPSA) is 95.3 Å². The lowest BCUT2D eigenvalue weighted by Crippen LogP contribution is -2.46. The smallest absolute Gasteiger partial charge is 0.191 e. The van der Waals surface area contributed by atoms with Crippen LogP contribution in [0.2, 0.25) is 0 Å². The van der Waals surface area contributed by atoms with E-state index < -0.39 is 0 Å². The number of aliphatic imine (C=N–C) groups is 1. The van der Waals surface area contributed by atoms with Crippen molar-refractivity contribution in [1.82, 2.24) is 35.3 Å². The van der Waals surface area contributed by atoms with Gasteiger partial charge in [-0.2, -0.15) is 5.10 Å². The minimum atomic E-state index is 0. The van der Waals surface area contributed by atoms with E-state index in [4.69, 9.17) is 0 Å². The first-order chi connectivity index (χ1) is 13.7. The van der Waals surface area contributed by atoms with Gasteiger partial charge < -0.3 is 16.0 Å². The van der Waals surface area contributed by atoms with Crippen molar-refractivity contribution in [3.8, 4) is 0 Å². The van der Waals surface area contributed by atoms with Gasteiger partial charge in [0.2, 0.25) is 0 Å². The Morgan fingerprint density at radius 2 is 2.03 bits per heavy atom. The third-order valence-corrected chi connectivity index (χ3v) is 5.37. The number of guanidine groups is 1. The molecule has 3 N–H and O–H groups in total. The molecule has 2 aromatic heterocycles. The van der Waals surface area contributed by atoms with Gasteiger partial charge in [0.1, 0.15) is 12.1 Å². The normalized spacial score (nSPS) is 17.8. The first-order valence-corrected chi connectivity index (χ1v) is 10.3. The molecular weight excluding hydrogens is 481 g/mol. The summed E-state index contributed by atoms with van der Waals surface area (Å²) in [6.45, 7) is 6.96. The second-order valence-electron chi connectivity index (χ2n) is 7.17. The number of hydrogen-bond acceptors (Lipinski definition) is 6. The van der Waals surface area contributed by atoms with E-state index in [0.29, 0.717) is 0 Å². The summed E-state index contributed by atoms with van der Waals surface area (Å²) in [5.74, 6) is 1.64. The van der Waals surface area contributed by atoms with Crippen LogP contribution in [0.1, 0.15) is 32.6 Å². The number of rotatable bonds is 8. The lowest BCUT2D eigenvalue weighted by molar-refractivity contribution is 0.147. The Labute approximate surface area is 190 Å². The van der Waals surface area contributed by atoms with E-state index in [1.165, 1.54) is 32.2 Å². The van der Waals surface area contributed by atoms with E-state index in [1.807, 2.05) is 14.1 Å². The number of likely N-dealkylation sites (tertiary alicyclic amines) is 1. The zero-order chi connectivity index (χ0) is 19.8. The summed E-state index contributed by atoms with van der Waals surface area (Å²) in [7, 11) is 3.69. The average Bonchev–Trinajstić information content (AvgIpc) is 3.11. The number of aromatic nitrogens is 4. The molecule has 1 fully saturated rings. The summed E-state index contributed by atoms with van der Waals surface area (Å²) in [5.41, 5.74) is 0.825. The van der Waals surface area contributed by atoms with Gasteiger partial charge in [0.25, 0.3) is 0 Å². The molecule has 1 aliphatic rings. The molecule has 0 saturated carbocycles. The van der Waals surface area contributed by atoms with Gasteiger partial charge in [0.05, 0.1) is 11.6 Å². The maximum Gasteiger partial charge on any atom is 0.191 e. The molecule has 0 radical (unpaired) electrons. The maximum absolute atomic E-state index is 4.32. The summed E-state index contributed by atoms with van der Waals surface area (Å²) in [4.78, 5) is 15.5. The lowest BCUT2D eigenvalue weighted by atomic mass is 10.0. The Morgan fingerprint density at radius 1 is 1.21 bits per heavy atom. The summed E-state index contributed by atoms with van der Waals surface area (Å²) in [5, 5.41) is 15.3. The lowest BCUT2D eigenvalue weighted by Gasteiger charge is -2.35. The van der Waals surface area contributed by atoms with E-state index >= 15 is 0 Å². The fraction of sp³-hybridized carbons (Fsp3) is 0.684. The number of aryl methyl sites for hydroxylation is 1. The molecule has 1 atom stereocenters. The van der Waals surface area contributed by atoms with Crippen LogP contribution in [0.5, 0.6) is 0 Å². The fourth-order valence-corrected chi connectivity index (χ4v) is 3.82. The van der Waals surface area contributed by atoms with Crippen molar-refractivity contribution in [1.29, 1.82) is 0 Å². The van der Waals surface area contributed by atoms with Crippen molar-refractivity contribution < 1.29 is 0 Å². The second-order valence-corrected chi connectivity index (χ2v) is 7.17. The zero-order valence-electron chi connectivity index (χ0n) is 17.7. The SMILES string of the molecule is CCC1CCCCN1CCNC(=NC)NCCNc1ncnc2c1cnn2C.I. The van der Waals surface area contributed by atoms with Gasteiger partial charge in [-0.3, -0.25) is 14.6 Å². The van der Waals surface area contributed by atoms with Crippen LogP contribution in [0.25, 0.3) is 11.0 Å². The Balaban J connectivity index is 0.00000300. The van der Waals surface area contributed by atoms with Crippen LogP contribution >= 0.6 is 24.0 Å². The molecule has 2 aromatic rings. The fourth-order valence-electron chi connectivity index (χ4n) is 3.82. The molecule has 0 aliphatic carbocycles. The van der Waals surface area contributed by atoms with Crippen LogP contribution in [0.15, 0.2) is 17.5 Å².